The van der Waals surface area contributed by atoms with Crippen molar-refractivity contribution in [2.45, 2.75) is 6.92 Å². The number of benzene rings is 3. The Bertz CT molecular complexity index is 1450. The third-order valence-electron chi connectivity index (χ3n) is 5.53. The van der Waals surface area contributed by atoms with Crippen LogP contribution in [0.5, 0.6) is 23.0 Å². The van der Waals surface area contributed by atoms with Gasteiger partial charge in [0.1, 0.15) is 17.1 Å². The van der Waals surface area contributed by atoms with Crippen LogP contribution in [-0.2, 0) is 14.4 Å². The number of carbonyl (C=O) groups excluding carboxylic acids is 4. The Balaban J connectivity index is 1.53. The summed E-state index contributed by atoms with van der Waals surface area (Å²) < 4.78 is 16.5. The van der Waals surface area contributed by atoms with Gasteiger partial charge in [0.15, 0.2) is 18.1 Å². The average molecular weight is 532 g/mol. The molecule has 1 aliphatic rings. The van der Waals surface area contributed by atoms with E-state index in [0.29, 0.717) is 17.0 Å². The zero-order chi connectivity index (χ0) is 27.9. The van der Waals surface area contributed by atoms with Gasteiger partial charge in [-0.3, -0.25) is 19.7 Å². The summed E-state index contributed by atoms with van der Waals surface area (Å²) in [5, 5.41) is 14.4. The molecule has 0 radical (unpaired) electrons. The number of imide groups is 2. The predicted molar refractivity (Wildman–Crippen MR) is 142 cm³/mol. The zero-order valence-electron chi connectivity index (χ0n) is 21.1. The maximum Gasteiger partial charge on any atom is 0.335 e. The summed E-state index contributed by atoms with van der Waals surface area (Å²) in [6.45, 7) is 1.73. The Morgan fingerprint density at radius 3 is 2.44 bits per heavy atom. The van der Waals surface area contributed by atoms with Crippen molar-refractivity contribution in [3.05, 3.63) is 77.9 Å². The fourth-order valence-electron chi connectivity index (χ4n) is 3.74. The highest BCUT2D eigenvalue weighted by Gasteiger charge is 2.36. The summed E-state index contributed by atoms with van der Waals surface area (Å²) in [7, 11) is 1.50. The standard InChI is InChI=1S/C28H25N3O8/c1-3-38-24-15-17(8-13-23(24)39-16-25(33)29-21-6-4-5-7-22(21)37-2)14-20-26(34)30-28(36)31(27(20)35)18-9-11-19(32)12-10-18/h4-15,32H,3,16H2,1-2H3,(H,29,33)(H,30,34,36)/b20-14-. The van der Waals surface area contributed by atoms with E-state index in [4.69, 9.17) is 14.2 Å². The summed E-state index contributed by atoms with van der Waals surface area (Å²) in [6, 6.07) is 16.1. The van der Waals surface area contributed by atoms with Gasteiger partial charge < -0.3 is 24.6 Å². The lowest BCUT2D eigenvalue weighted by Gasteiger charge is -2.26. The van der Waals surface area contributed by atoms with Gasteiger partial charge in [-0.2, -0.15) is 0 Å². The molecule has 11 nitrogen and oxygen atoms in total. The van der Waals surface area contributed by atoms with Gasteiger partial charge in [0.2, 0.25) is 0 Å². The summed E-state index contributed by atoms with van der Waals surface area (Å²) in [5.74, 6) is -1.09. The van der Waals surface area contributed by atoms with Crippen LogP contribution in [0.2, 0.25) is 0 Å². The molecule has 1 saturated heterocycles. The number of methoxy groups -OCH3 is 1. The largest absolute Gasteiger partial charge is 0.508 e. The van der Waals surface area contributed by atoms with Crippen LogP contribution in [0.3, 0.4) is 0 Å². The lowest BCUT2D eigenvalue weighted by Crippen LogP contribution is -2.54. The topological polar surface area (TPSA) is 144 Å². The van der Waals surface area contributed by atoms with Crippen molar-refractivity contribution in [2.75, 3.05) is 30.5 Å². The molecule has 0 unspecified atom stereocenters. The van der Waals surface area contributed by atoms with Gasteiger partial charge in [0.05, 0.1) is 25.1 Å². The number of rotatable bonds is 9. The van der Waals surface area contributed by atoms with Gasteiger partial charge in [-0.25, -0.2) is 9.69 Å². The third-order valence-corrected chi connectivity index (χ3v) is 5.53. The molecule has 0 aliphatic carbocycles. The maximum absolute atomic E-state index is 13.1. The van der Waals surface area contributed by atoms with Crippen LogP contribution in [0.25, 0.3) is 6.08 Å². The number of barbiturate groups is 1. The van der Waals surface area contributed by atoms with Crippen LogP contribution in [0.15, 0.2) is 72.3 Å². The second kappa shape index (κ2) is 11.8. The average Bonchev–Trinajstić information content (AvgIpc) is 2.92. The molecule has 3 aromatic rings. The normalized spacial score (nSPS) is 14.2. The second-order valence-corrected chi connectivity index (χ2v) is 8.15. The van der Waals surface area contributed by atoms with Crippen molar-refractivity contribution in [1.82, 2.24) is 5.32 Å². The minimum Gasteiger partial charge on any atom is -0.508 e. The Hall–Kier alpha value is -5.32. The first-order valence-electron chi connectivity index (χ1n) is 11.8. The lowest BCUT2D eigenvalue weighted by atomic mass is 10.1. The summed E-state index contributed by atoms with van der Waals surface area (Å²) in [4.78, 5) is 51.2. The van der Waals surface area contributed by atoms with E-state index in [1.54, 1.807) is 49.4 Å². The van der Waals surface area contributed by atoms with E-state index in [1.807, 2.05) is 0 Å². The number of anilines is 2. The number of nitrogens with zero attached hydrogens (tertiary/aromatic N) is 1. The van der Waals surface area contributed by atoms with Gasteiger partial charge in [0, 0.05) is 0 Å². The molecule has 4 rings (SSSR count). The molecular formula is C28H25N3O8. The molecule has 1 heterocycles. The zero-order valence-corrected chi connectivity index (χ0v) is 21.1. The molecule has 0 spiro atoms. The van der Waals surface area contributed by atoms with Crippen molar-refractivity contribution in [3.8, 4) is 23.0 Å². The van der Waals surface area contributed by atoms with Crippen molar-refractivity contribution in [1.29, 1.82) is 0 Å². The molecular weight excluding hydrogens is 506 g/mol. The minimum atomic E-state index is -0.905. The maximum atomic E-state index is 13.1. The highest BCUT2D eigenvalue weighted by Crippen LogP contribution is 2.31. The number of phenolic OH excluding ortho intramolecular Hbond substituents is 1. The first-order chi connectivity index (χ1) is 18.8. The molecule has 0 bridgehead atoms. The van der Waals surface area contributed by atoms with E-state index >= 15 is 0 Å². The smallest absolute Gasteiger partial charge is 0.335 e. The quantitative estimate of drug-likeness (QED) is 0.281. The Morgan fingerprint density at radius 2 is 1.72 bits per heavy atom. The molecule has 11 heteroatoms. The van der Waals surface area contributed by atoms with Crippen molar-refractivity contribution < 1.29 is 38.5 Å². The molecule has 0 saturated carbocycles. The SMILES string of the molecule is CCOc1cc(/C=C2/C(=O)NC(=O)N(c3ccc(O)cc3)C2=O)ccc1OCC(=O)Nc1ccccc1OC. The number of para-hydroxylation sites is 2. The molecule has 1 aliphatic heterocycles. The Kier molecular flexibility index (Phi) is 8.10. The first kappa shape index (κ1) is 26.7. The fourth-order valence-corrected chi connectivity index (χ4v) is 3.74. The number of carbonyl (C=O) groups is 4. The summed E-state index contributed by atoms with van der Waals surface area (Å²) in [6.07, 6.45) is 1.32. The molecule has 200 valence electrons. The highest BCUT2D eigenvalue weighted by molar-refractivity contribution is 6.39. The minimum absolute atomic E-state index is 0.0431. The van der Waals surface area contributed by atoms with Crippen molar-refractivity contribution in [3.63, 3.8) is 0 Å². The van der Waals surface area contributed by atoms with Crippen LogP contribution in [0.1, 0.15) is 12.5 Å². The van der Waals surface area contributed by atoms with Crippen LogP contribution in [0.4, 0.5) is 16.2 Å². The highest BCUT2D eigenvalue weighted by atomic mass is 16.5. The molecule has 1 fully saturated rings. The number of aromatic hydroxyl groups is 1. The van der Waals surface area contributed by atoms with E-state index in [0.717, 1.165) is 4.90 Å². The number of amides is 5. The van der Waals surface area contributed by atoms with E-state index in [9.17, 15) is 24.3 Å². The molecule has 0 aromatic heterocycles. The van der Waals surface area contributed by atoms with Gasteiger partial charge >= 0.3 is 6.03 Å². The van der Waals surface area contributed by atoms with E-state index in [1.165, 1.54) is 37.5 Å². The number of ether oxygens (including phenoxy) is 3. The predicted octanol–water partition coefficient (Wildman–Crippen LogP) is 3.48. The van der Waals surface area contributed by atoms with Crippen molar-refractivity contribution >= 4 is 41.2 Å². The summed E-state index contributed by atoms with van der Waals surface area (Å²) in [5.41, 5.74) is 0.812. The van der Waals surface area contributed by atoms with Crippen LogP contribution >= 0.6 is 0 Å². The fraction of sp³-hybridized carbons (Fsp3) is 0.143. The van der Waals surface area contributed by atoms with Gasteiger partial charge in [0.25, 0.3) is 17.7 Å². The Labute approximate surface area is 223 Å². The molecule has 3 N–H and O–H groups in total. The molecule has 39 heavy (non-hydrogen) atoms. The number of nitrogens with one attached hydrogen (secondary N) is 2. The summed E-state index contributed by atoms with van der Waals surface area (Å²) >= 11 is 0. The van der Waals surface area contributed by atoms with E-state index in [2.05, 4.69) is 10.6 Å². The van der Waals surface area contributed by atoms with E-state index in [-0.39, 0.29) is 41.7 Å². The third kappa shape index (κ3) is 6.16. The molecule has 0 atom stereocenters. The van der Waals surface area contributed by atoms with Crippen LogP contribution in [-0.4, -0.2) is 49.2 Å². The van der Waals surface area contributed by atoms with E-state index < -0.39 is 23.8 Å². The monoisotopic (exact) mass is 531 g/mol. The first-order valence-corrected chi connectivity index (χ1v) is 11.8. The van der Waals surface area contributed by atoms with Crippen LogP contribution in [0, 0.1) is 0 Å². The number of hydrogen-bond acceptors (Lipinski definition) is 8. The van der Waals surface area contributed by atoms with Crippen molar-refractivity contribution in [2.24, 2.45) is 0 Å². The Morgan fingerprint density at radius 1 is 0.974 bits per heavy atom. The van der Waals surface area contributed by atoms with Gasteiger partial charge in [-0.1, -0.05) is 18.2 Å². The van der Waals surface area contributed by atoms with Gasteiger partial charge in [-0.15, -0.1) is 0 Å². The second-order valence-electron chi connectivity index (χ2n) is 8.15. The number of phenols is 1. The van der Waals surface area contributed by atoms with Gasteiger partial charge in [-0.05, 0) is 67.1 Å². The molecule has 5 amide bonds. The van der Waals surface area contributed by atoms with Crippen LogP contribution < -0.4 is 29.7 Å². The lowest BCUT2D eigenvalue weighted by molar-refractivity contribution is -0.122. The molecule has 3 aromatic carbocycles. The number of hydrogen-bond donors (Lipinski definition) is 3. The number of urea groups is 1.